The third kappa shape index (κ3) is 3.13. The van der Waals surface area contributed by atoms with Crippen LogP contribution in [0.4, 0.5) is 10.1 Å². The minimum Gasteiger partial charge on any atom is -0.333 e. The van der Waals surface area contributed by atoms with Gasteiger partial charge in [-0.1, -0.05) is 25.6 Å². The SMILES string of the molecule is CCC1(CC)CN=C(Nc2ccc(C#N)cc2F)SC1. The maximum atomic E-state index is 13.8. The molecule has 0 atom stereocenters. The molecule has 0 saturated carbocycles. The molecule has 0 aromatic heterocycles. The molecular weight excluding hydrogens is 273 g/mol. The maximum absolute atomic E-state index is 13.8. The molecule has 0 bridgehead atoms. The van der Waals surface area contributed by atoms with Crippen LogP contribution in [0, 0.1) is 22.6 Å². The van der Waals surface area contributed by atoms with Gasteiger partial charge in [0.05, 0.1) is 17.3 Å². The second-order valence-electron chi connectivity index (χ2n) is 5.05. The summed E-state index contributed by atoms with van der Waals surface area (Å²) >= 11 is 1.64. The van der Waals surface area contributed by atoms with Gasteiger partial charge in [-0.05, 0) is 36.5 Å². The van der Waals surface area contributed by atoms with Gasteiger partial charge in [-0.15, -0.1) is 0 Å². The summed E-state index contributed by atoms with van der Waals surface area (Å²) in [5.74, 6) is 0.583. The van der Waals surface area contributed by atoms with E-state index in [9.17, 15) is 4.39 Å². The Morgan fingerprint density at radius 2 is 2.20 bits per heavy atom. The molecule has 1 aliphatic rings. The van der Waals surface area contributed by atoms with Crippen LogP contribution in [0.25, 0.3) is 0 Å². The van der Waals surface area contributed by atoms with E-state index in [1.807, 2.05) is 6.07 Å². The zero-order valence-corrected chi connectivity index (χ0v) is 12.6. The molecule has 0 saturated heterocycles. The van der Waals surface area contributed by atoms with Crippen LogP contribution in [0.2, 0.25) is 0 Å². The van der Waals surface area contributed by atoms with Crippen molar-refractivity contribution in [2.24, 2.45) is 10.4 Å². The van der Waals surface area contributed by atoms with E-state index in [-0.39, 0.29) is 5.41 Å². The van der Waals surface area contributed by atoms with Gasteiger partial charge < -0.3 is 5.32 Å². The summed E-state index contributed by atoms with van der Waals surface area (Å²) in [5, 5.41) is 12.5. The van der Waals surface area contributed by atoms with Crippen molar-refractivity contribution in [1.29, 1.82) is 5.26 Å². The molecule has 0 fully saturated rings. The number of aliphatic imine (C=N–C) groups is 1. The first kappa shape index (κ1) is 14.9. The van der Waals surface area contributed by atoms with Crippen molar-refractivity contribution in [1.82, 2.24) is 0 Å². The van der Waals surface area contributed by atoms with E-state index in [1.165, 1.54) is 6.07 Å². The van der Waals surface area contributed by atoms with Gasteiger partial charge in [0, 0.05) is 12.3 Å². The van der Waals surface area contributed by atoms with Gasteiger partial charge in [0.1, 0.15) is 5.82 Å². The van der Waals surface area contributed by atoms with Crippen molar-refractivity contribution in [2.75, 3.05) is 17.6 Å². The molecule has 20 heavy (non-hydrogen) atoms. The van der Waals surface area contributed by atoms with Crippen LogP contribution in [0.15, 0.2) is 23.2 Å². The molecular formula is C15H18FN3S. The standard InChI is InChI=1S/C15H18FN3S/c1-3-15(4-2)9-18-14(20-10-15)19-13-6-5-11(8-17)7-12(13)16/h5-7H,3-4,9-10H2,1-2H3,(H,18,19). The Labute approximate surface area is 123 Å². The highest BCUT2D eigenvalue weighted by Crippen LogP contribution is 2.35. The maximum Gasteiger partial charge on any atom is 0.161 e. The summed E-state index contributed by atoms with van der Waals surface area (Å²) in [6, 6.07) is 6.34. The zero-order chi connectivity index (χ0) is 14.6. The summed E-state index contributed by atoms with van der Waals surface area (Å²) in [6.45, 7) is 5.17. The Balaban J connectivity index is 2.09. The van der Waals surface area contributed by atoms with Crippen molar-refractivity contribution in [3.05, 3.63) is 29.6 Å². The largest absolute Gasteiger partial charge is 0.333 e. The highest BCUT2D eigenvalue weighted by atomic mass is 32.2. The van der Waals surface area contributed by atoms with Crippen LogP contribution >= 0.6 is 11.8 Å². The lowest BCUT2D eigenvalue weighted by Gasteiger charge is -2.33. The molecule has 1 N–H and O–H groups in total. The van der Waals surface area contributed by atoms with Crippen LogP contribution in [-0.4, -0.2) is 17.5 Å². The second kappa shape index (κ2) is 6.27. The molecule has 3 nitrogen and oxygen atoms in total. The average molecular weight is 291 g/mol. The fraction of sp³-hybridized carbons (Fsp3) is 0.467. The summed E-state index contributed by atoms with van der Waals surface area (Å²) < 4.78 is 13.8. The van der Waals surface area contributed by atoms with Gasteiger partial charge in [-0.25, -0.2) is 4.39 Å². The van der Waals surface area contributed by atoms with Crippen LogP contribution in [0.3, 0.4) is 0 Å². The first-order valence-corrected chi connectivity index (χ1v) is 7.75. The van der Waals surface area contributed by atoms with Crippen LogP contribution in [-0.2, 0) is 0 Å². The summed E-state index contributed by atoms with van der Waals surface area (Å²) in [6.07, 6.45) is 2.22. The molecule has 0 spiro atoms. The van der Waals surface area contributed by atoms with E-state index in [1.54, 1.807) is 23.9 Å². The number of rotatable bonds is 3. The van der Waals surface area contributed by atoms with Crippen LogP contribution in [0.5, 0.6) is 0 Å². The molecule has 0 aliphatic carbocycles. The third-order valence-corrected chi connectivity index (χ3v) is 5.17. The number of benzene rings is 1. The van der Waals surface area contributed by atoms with Gasteiger partial charge in [0.15, 0.2) is 5.17 Å². The van der Waals surface area contributed by atoms with E-state index in [4.69, 9.17) is 5.26 Å². The summed E-state index contributed by atoms with van der Waals surface area (Å²) in [7, 11) is 0. The molecule has 0 unspecified atom stereocenters. The van der Waals surface area contributed by atoms with Gasteiger partial charge in [0.25, 0.3) is 0 Å². The van der Waals surface area contributed by atoms with Crippen molar-refractivity contribution in [3.63, 3.8) is 0 Å². The number of thioether (sulfide) groups is 1. The monoisotopic (exact) mass is 291 g/mol. The molecule has 1 heterocycles. The Morgan fingerprint density at radius 3 is 2.70 bits per heavy atom. The fourth-order valence-electron chi connectivity index (χ4n) is 2.11. The lowest BCUT2D eigenvalue weighted by Crippen LogP contribution is -2.32. The number of nitrogens with zero attached hydrogens (tertiary/aromatic N) is 2. The molecule has 1 aromatic carbocycles. The van der Waals surface area contributed by atoms with Crippen molar-refractivity contribution < 1.29 is 4.39 Å². The Morgan fingerprint density at radius 1 is 1.45 bits per heavy atom. The zero-order valence-electron chi connectivity index (χ0n) is 11.7. The predicted molar refractivity (Wildman–Crippen MR) is 82.5 cm³/mol. The first-order chi connectivity index (χ1) is 9.62. The molecule has 0 radical (unpaired) electrons. The van der Waals surface area contributed by atoms with Crippen molar-refractivity contribution >= 4 is 22.6 Å². The third-order valence-electron chi connectivity index (χ3n) is 3.91. The number of anilines is 1. The molecule has 1 aromatic rings. The quantitative estimate of drug-likeness (QED) is 0.915. The number of amidine groups is 1. The number of nitriles is 1. The van der Waals surface area contributed by atoms with Crippen molar-refractivity contribution in [3.8, 4) is 6.07 Å². The molecule has 0 amide bonds. The first-order valence-electron chi connectivity index (χ1n) is 6.76. The summed E-state index contributed by atoms with van der Waals surface area (Å²) in [5.41, 5.74) is 0.969. The second-order valence-corrected chi connectivity index (χ2v) is 6.01. The topological polar surface area (TPSA) is 48.2 Å². The van der Waals surface area contributed by atoms with Gasteiger partial charge >= 0.3 is 0 Å². The van der Waals surface area contributed by atoms with E-state index in [2.05, 4.69) is 24.2 Å². The summed E-state index contributed by atoms with van der Waals surface area (Å²) in [4.78, 5) is 4.54. The number of nitrogens with one attached hydrogen (secondary N) is 1. The van der Waals surface area contributed by atoms with Gasteiger partial charge in [0.2, 0.25) is 0 Å². The van der Waals surface area contributed by atoms with Crippen LogP contribution < -0.4 is 5.32 Å². The van der Waals surface area contributed by atoms with E-state index < -0.39 is 5.82 Å². The Hall–Kier alpha value is -1.54. The number of hydrogen-bond acceptors (Lipinski definition) is 4. The minimum absolute atomic E-state index is 0.277. The van der Waals surface area contributed by atoms with Crippen LogP contribution in [0.1, 0.15) is 32.3 Å². The normalized spacial score (nSPS) is 17.2. The molecule has 106 valence electrons. The van der Waals surface area contributed by atoms with E-state index in [0.717, 1.165) is 30.3 Å². The van der Waals surface area contributed by atoms with Gasteiger partial charge in [-0.2, -0.15) is 5.26 Å². The van der Waals surface area contributed by atoms with E-state index in [0.29, 0.717) is 11.3 Å². The fourth-order valence-corrected chi connectivity index (χ4v) is 3.39. The highest BCUT2D eigenvalue weighted by Gasteiger charge is 2.30. The average Bonchev–Trinajstić information content (AvgIpc) is 2.50. The number of halogens is 1. The highest BCUT2D eigenvalue weighted by molar-refractivity contribution is 8.14. The minimum atomic E-state index is -0.421. The number of hydrogen-bond donors (Lipinski definition) is 1. The van der Waals surface area contributed by atoms with Gasteiger partial charge in [-0.3, -0.25) is 4.99 Å². The Bertz CT molecular complexity index is 559. The Kier molecular flexibility index (Phi) is 4.66. The van der Waals surface area contributed by atoms with E-state index >= 15 is 0 Å². The lowest BCUT2D eigenvalue weighted by atomic mass is 9.84. The molecule has 2 rings (SSSR count). The van der Waals surface area contributed by atoms with Crippen molar-refractivity contribution in [2.45, 2.75) is 26.7 Å². The smallest absolute Gasteiger partial charge is 0.161 e. The molecule has 1 aliphatic heterocycles. The predicted octanol–water partition coefficient (Wildman–Crippen LogP) is 4.02. The lowest BCUT2D eigenvalue weighted by molar-refractivity contribution is 0.318. The molecule has 5 heteroatoms.